The zero-order valence-electron chi connectivity index (χ0n) is 9.10. The van der Waals surface area contributed by atoms with Crippen LogP contribution in [0, 0.1) is 0 Å². The first-order chi connectivity index (χ1) is 7.20. The van der Waals surface area contributed by atoms with Gasteiger partial charge in [-0.3, -0.25) is 4.99 Å². The third-order valence-corrected chi connectivity index (χ3v) is 3.78. The summed E-state index contributed by atoms with van der Waals surface area (Å²) in [6.45, 7) is 4.19. The van der Waals surface area contributed by atoms with E-state index >= 15 is 0 Å². The molecule has 2 heterocycles. The molecule has 2 rings (SSSR count). The molecule has 0 bridgehead atoms. The maximum absolute atomic E-state index is 5.03. The summed E-state index contributed by atoms with van der Waals surface area (Å²) in [6.07, 6.45) is 1.88. The van der Waals surface area contributed by atoms with Crippen LogP contribution < -0.4 is 4.74 Å². The average Bonchev–Trinajstić information content (AvgIpc) is 2.58. The van der Waals surface area contributed by atoms with E-state index in [1.54, 1.807) is 7.11 Å². The van der Waals surface area contributed by atoms with Crippen molar-refractivity contribution in [3.63, 3.8) is 0 Å². The molecule has 3 nitrogen and oxygen atoms in total. The lowest BCUT2D eigenvalue weighted by Crippen LogP contribution is -2.05. The Kier molecular flexibility index (Phi) is 2.95. The fraction of sp³-hybridized carbons (Fsp3) is 0.455. The second kappa shape index (κ2) is 4.23. The zero-order chi connectivity index (χ0) is 10.8. The number of aromatic nitrogens is 1. The molecule has 15 heavy (non-hydrogen) atoms. The van der Waals surface area contributed by atoms with Gasteiger partial charge in [0.2, 0.25) is 5.88 Å². The fourth-order valence-electron chi connectivity index (χ4n) is 1.69. The van der Waals surface area contributed by atoms with E-state index in [1.165, 1.54) is 5.56 Å². The molecular formula is C11H14N2OS. The highest BCUT2D eigenvalue weighted by atomic mass is 32.2. The summed E-state index contributed by atoms with van der Waals surface area (Å²) in [7, 11) is 1.63. The Morgan fingerprint density at radius 3 is 2.67 bits per heavy atom. The SMILES string of the molecule is COc1ccc(C2SC(C)=N[C@@H]2C)cn1. The van der Waals surface area contributed by atoms with Gasteiger partial charge in [-0.1, -0.05) is 6.07 Å². The van der Waals surface area contributed by atoms with Gasteiger partial charge in [0.1, 0.15) is 0 Å². The molecule has 0 saturated heterocycles. The zero-order valence-corrected chi connectivity index (χ0v) is 9.91. The first kappa shape index (κ1) is 10.5. The van der Waals surface area contributed by atoms with Gasteiger partial charge < -0.3 is 4.74 Å². The Hall–Kier alpha value is -1.03. The van der Waals surface area contributed by atoms with Crippen LogP contribution in [0.2, 0.25) is 0 Å². The summed E-state index contributed by atoms with van der Waals surface area (Å²) in [5.41, 5.74) is 1.22. The van der Waals surface area contributed by atoms with Gasteiger partial charge in [0.15, 0.2) is 0 Å². The third-order valence-electron chi connectivity index (χ3n) is 2.42. The summed E-state index contributed by atoms with van der Waals surface area (Å²) in [6, 6.07) is 4.30. The molecule has 1 aromatic heterocycles. The number of hydrogen-bond donors (Lipinski definition) is 0. The quantitative estimate of drug-likeness (QED) is 0.771. The van der Waals surface area contributed by atoms with E-state index in [2.05, 4.69) is 29.9 Å². The summed E-state index contributed by atoms with van der Waals surface area (Å²) >= 11 is 1.81. The largest absolute Gasteiger partial charge is 0.481 e. The summed E-state index contributed by atoms with van der Waals surface area (Å²) in [5.74, 6) is 0.659. The lowest BCUT2D eigenvalue weighted by atomic mass is 10.1. The maximum Gasteiger partial charge on any atom is 0.212 e. The molecule has 0 aliphatic carbocycles. The predicted molar refractivity (Wildman–Crippen MR) is 63.7 cm³/mol. The van der Waals surface area contributed by atoms with E-state index in [9.17, 15) is 0 Å². The van der Waals surface area contributed by atoms with Crippen molar-refractivity contribution in [2.75, 3.05) is 7.11 Å². The van der Waals surface area contributed by atoms with Crippen molar-refractivity contribution < 1.29 is 4.74 Å². The van der Waals surface area contributed by atoms with Crippen LogP contribution in [0.1, 0.15) is 24.7 Å². The second-order valence-corrected chi connectivity index (χ2v) is 4.90. The van der Waals surface area contributed by atoms with Crippen LogP contribution in [0.25, 0.3) is 0 Å². The molecule has 0 spiro atoms. The monoisotopic (exact) mass is 222 g/mol. The number of aliphatic imine (C=N–C) groups is 1. The van der Waals surface area contributed by atoms with Crippen LogP contribution >= 0.6 is 11.8 Å². The van der Waals surface area contributed by atoms with Gasteiger partial charge in [-0.15, -0.1) is 11.8 Å². The van der Waals surface area contributed by atoms with Gasteiger partial charge in [0.25, 0.3) is 0 Å². The number of pyridine rings is 1. The number of thioether (sulfide) groups is 1. The van der Waals surface area contributed by atoms with Crippen LogP contribution in [-0.4, -0.2) is 23.2 Å². The number of hydrogen-bond acceptors (Lipinski definition) is 4. The second-order valence-electron chi connectivity index (χ2n) is 3.56. The molecule has 0 amide bonds. The van der Waals surface area contributed by atoms with Crippen molar-refractivity contribution in [1.29, 1.82) is 0 Å². The summed E-state index contributed by atoms with van der Waals surface area (Å²) < 4.78 is 5.03. The van der Waals surface area contributed by atoms with Gasteiger partial charge in [-0.05, 0) is 19.4 Å². The van der Waals surface area contributed by atoms with Crippen molar-refractivity contribution in [1.82, 2.24) is 4.98 Å². The molecule has 0 N–H and O–H groups in total. The van der Waals surface area contributed by atoms with E-state index in [1.807, 2.05) is 24.0 Å². The Labute approximate surface area is 94.0 Å². The van der Waals surface area contributed by atoms with E-state index in [-0.39, 0.29) is 0 Å². The van der Waals surface area contributed by atoms with Crippen molar-refractivity contribution in [3.05, 3.63) is 23.9 Å². The Morgan fingerprint density at radius 2 is 2.20 bits per heavy atom. The molecule has 0 radical (unpaired) electrons. The smallest absolute Gasteiger partial charge is 0.212 e. The van der Waals surface area contributed by atoms with Crippen LogP contribution in [0.3, 0.4) is 0 Å². The van der Waals surface area contributed by atoms with Gasteiger partial charge in [-0.2, -0.15) is 0 Å². The third kappa shape index (κ3) is 2.15. The molecule has 4 heteroatoms. The number of ether oxygens (including phenoxy) is 1. The van der Waals surface area contributed by atoms with Crippen molar-refractivity contribution in [3.8, 4) is 5.88 Å². The standard InChI is InChI=1S/C11H14N2OS/c1-7-11(15-8(2)13-7)9-4-5-10(14-3)12-6-9/h4-7,11H,1-3H3/t7-,11?/m1/s1. The van der Waals surface area contributed by atoms with Crippen molar-refractivity contribution in [2.24, 2.45) is 4.99 Å². The minimum atomic E-state index is 0.338. The Bertz CT molecular complexity index is 375. The Morgan fingerprint density at radius 1 is 1.40 bits per heavy atom. The average molecular weight is 222 g/mol. The molecule has 2 atom stereocenters. The highest BCUT2D eigenvalue weighted by Gasteiger charge is 2.26. The van der Waals surface area contributed by atoms with E-state index in [0.29, 0.717) is 17.2 Å². The van der Waals surface area contributed by atoms with Crippen LogP contribution in [0.5, 0.6) is 5.88 Å². The summed E-state index contributed by atoms with van der Waals surface area (Å²) in [5, 5.41) is 1.56. The van der Waals surface area contributed by atoms with Crippen molar-refractivity contribution in [2.45, 2.75) is 25.1 Å². The molecule has 1 aromatic rings. The topological polar surface area (TPSA) is 34.5 Å². The predicted octanol–water partition coefficient (Wildman–Crippen LogP) is 2.69. The van der Waals surface area contributed by atoms with Crippen LogP contribution in [-0.2, 0) is 0 Å². The normalized spacial score (nSPS) is 25.1. The maximum atomic E-state index is 5.03. The number of methoxy groups -OCH3 is 1. The first-order valence-corrected chi connectivity index (χ1v) is 5.79. The van der Waals surface area contributed by atoms with Crippen molar-refractivity contribution >= 4 is 16.8 Å². The van der Waals surface area contributed by atoms with Gasteiger partial charge >= 0.3 is 0 Å². The molecule has 1 aliphatic rings. The van der Waals surface area contributed by atoms with E-state index in [4.69, 9.17) is 4.74 Å². The van der Waals surface area contributed by atoms with Crippen LogP contribution in [0.4, 0.5) is 0 Å². The molecule has 0 aromatic carbocycles. The number of rotatable bonds is 2. The minimum Gasteiger partial charge on any atom is -0.481 e. The van der Waals surface area contributed by atoms with E-state index < -0.39 is 0 Å². The highest BCUT2D eigenvalue weighted by molar-refractivity contribution is 8.14. The highest BCUT2D eigenvalue weighted by Crippen LogP contribution is 2.39. The molecule has 0 saturated carbocycles. The van der Waals surface area contributed by atoms with Gasteiger partial charge in [-0.25, -0.2) is 4.98 Å². The molecular weight excluding hydrogens is 208 g/mol. The Balaban J connectivity index is 2.17. The molecule has 1 aliphatic heterocycles. The van der Waals surface area contributed by atoms with Gasteiger partial charge in [0.05, 0.1) is 23.4 Å². The fourth-order valence-corrected chi connectivity index (χ4v) is 2.82. The molecule has 0 fully saturated rings. The molecule has 1 unspecified atom stereocenters. The minimum absolute atomic E-state index is 0.338. The lowest BCUT2D eigenvalue weighted by molar-refractivity contribution is 0.397. The van der Waals surface area contributed by atoms with Crippen LogP contribution in [0.15, 0.2) is 23.3 Å². The number of nitrogens with zero attached hydrogens (tertiary/aromatic N) is 2. The van der Waals surface area contributed by atoms with E-state index in [0.717, 1.165) is 5.04 Å². The van der Waals surface area contributed by atoms with Gasteiger partial charge in [0, 0.05) is 12.3 Å². The summed E-state index contributed by atoms with van der Waals surface area (Å²) in [4.78, 5) is 8.72. The molecule has 80 valence electrons. The first-order valence-electron chi connectivity index (χ1n) is 4.91. The lowest BCUT2D eigenvalue weighted by Gasteiger charge is -2.13.